The largest absolute Gasteiger partial charge is 0.229 e. The zero-order valence-corrected chi connectivity index (χ0v) is 13.4. The van der Waals surface area contributed by atoms with E-state index in [9.17, 15) is 8.42 Å². The Bertz CT molecular complexity index is 315. The first-order chi connectivity index (χ1) is 7.33. The lowest BCUT2D eigenvalue weighted by molar-refractivity contribution is 0.285. The van der Waals surface area contributed by atoms with Crippen molar-refractivity contribution in [2.75, 3.05) is 11.5 Å². The number of hydrogen-bond donors (Lipinski definition) is 0. The fourth-order valence-electron chi connectivity index (χ4n) is 1.54. The molecule has 1 atom stereocenters. The van der Waals surface area contributed by atoms with Crippen LogP contribution in [0.25, 0.3) is 0 Å². The molecule has 104 valence electrons. The van der Waals surface area contributed by atoms with Gasteiger partial charge >= 0.3 is 0 Å². The van der Waals surface area contributed by atoms with E-state index in [0.29, 0.717) is 11.5 Å². The average Bonchev–Trinajstić information content (AvgIpc) is 1.97. The molecule has 0 unspecified atom stereocenters. The Morgan fingerprint density at radius 2 is 1.47 bits per heavy atom. The molecule has 0 heterocycles. The van der Waals surface area contributed by atoms with Crippen molar-refractivity contribution >= 4 is 9.84 Å². The van der Waals surface area contributed by atoms with Crippen molar-refractivity contribution in [1.29, 1.82) is 0 Å². The third kappa shape index (κ3) is 8.64. The van der Waals surface area contributed by atoms with Crippen LogP contribution in [0.4, 0.5) is 0 Å². The van der Waals surface area contributed by atoms with E-state index in [0.717, 1.165) is 12.8 Å². The summed E-state index contributed by atoms with van der Waals surface area (Å²) in [5.74, 6) is 0.868. The molecule has 17 heavy (non-hydrogen) atoms. The van der Waals surface area contributed by atoms with Gasteiger partial charge in [0.15, 0.2) is 9.84 Å². The van der Waals surface area contributed by atoms with Gasteiger partial charge in [-0.25, -0.2) is 8.42 Å². The third-order valence-corrected chi connectivity index (χ3v) is 5.28. The molecule has 0 amide bonds. The minimum atomic E-state index is -2.89. The fraction of sp³-hybridized carbons (Fsp3) is 1.00. The summed E-state index contributed by atoms with van der Waals surface area (Å²) in [5.41, 5.74) is 0.294. The van der Waals surface area contributed by atoms with Crippen LogP contribution in [0.3, 0.4) is 0 Å². The maximum Gasteiger partial charge on any atom is 0.150 e. The maximum atomic E-state index is 12.0. The minimum absolute atomic E-state index is 0.0666. The van der Waals surface area contributed by atoms with Crippen LogP contribution >= 0.6 is 0 Å². The average molecular weight is 262 g/mol. The number of rotatable bonds is 5. The van der Waals surface area contributed by atoms with Crippen LogP contribution in [0.5, 0.6) is 0 Å². The molecular weight excluding hydrogens is 232 g/mol. The summed E-state index contributed by atoms with van der Waals surface area (Å²) < 4.78 is 23.9. The van der Waals surface area contributed by atoms with Crippen molar-refractivity contribution in [3.63, 3.8) is 0 Å². The lowest BCUT2D eigenvalue weighted by Gasteiger charge is -2.27. The van der Waals surface area contributed by atoms with Crippen molar-refractivity contribution in [2.24, 2.45) is 16.7 Å². The summed E-state index contributed by atoms with van der Waals surface area (Å²) in [7, 11) is -2.89. The Kier molecular flexibility index (Phi) is 5.71. The van der Waals surface area contributed by atoms with E-state index in [1.54, 1.807) is 0 Å². The molecule has 0 saturated heterocycles. The molecule has 0 aliphatic rings. The van der Waals surface area contributed by atoms with Crippen molar-refractivity contribution in [3.05, 3.63) is 0 Å². The van der Waals surface area contributed by atoms with Crippen molar-refractivity contribution in [1.82, 2.24) is 0 Å². The van der Waals surface area contributed by atoms with Crippen molar-refractivity contribution < 1.29 is 8.42 Å². The summed E-state index contributed by atoms with van der Waals surface area (Å²) in [6, 6.07) is 0. The highest BCUT2D eigenvalue weighted by molar-refractivity contribution is 7.91. The van der Waals surface area contributed by atoms with Gasteiger partial charge in [0, 0.05) is 0 Å². The van der Waals surface area contributed by atoms with Crippen LogP contribution in [0.15, 0.2) is 0 Å². The Hall–Kier alpha value is -0.0500. The summed E-state index contributed by atoms with van der Waals surface area (Å²) in [6.07, 6.45) is 1.75. The summed E-state index contributed by atoms with van der Waals surface area (Å²) in [5, 5.41) is 0. The van der Waals surface area contributed by atoms with Gasteiger partial charge in [-0.3, -0.25) is 0 Å². The molecular formula is C14H30O2S. The quantitative estimate of drug-likeness (QED) is 0.753. The maximum absolute atomic E-state index is 12.0. The third-order valence-electron chi connectivity index (χ3n) is 3.36. The van der Waals surface area contributed by atoms with E-state index in [1.165, 1.54) is 0 Å². The van der Waals surface area contributed by atoms with Crippen LogP contribution < -0.4 is 0 Å². The SMILES string of the molecule is C[C@H](CS(=O)(=O)CCCC(C)(C)C)C(C)(C)C. The Morgan fingerprint density at radius 3 is 1.82 bits per heavy atom. The van der Waals surface area contributed by atoms with E-state index in [1.807, 2.05) is 6.92 Å². The summed E-state index contributed by atoms with van der Waals surface area (Å²) in [6.45, 7) is 14.8. The zero-order valence-electron chi connectivity index (χ0n) is 12.6. The zero-order chi connectivity index (χ0) is 13.9. The van der Waals surface area contributed by atoms with Gasteiger partial charge in [-0.2, -0.15) is 0 Å². The van der Waals surface area contributed by atoms with Gasteiger partial charge in [0.05, 0.1) is 11.5 Å². The lowest BCUT2D eigenvalue weighted by Crippen LogP contribution is -2.27. The van der Waals surface area contributed by atoms with Crippen LogP contribution in [-0.2, 0) is 9.84 Å². The Labute approximate surface area is 108 Å². The predicted octanol–water partition coefficient (Wildman–Crippen LogP) is 3.91. The van der Waals surface area contributed by atoms with E-state index in [4.69, 9.17) is 0 Å². The van der Waals surface area contributed by atoms with Gasteiger partial charge in [0.25, 0.3) is 0 Å². The Balaban J connectivity index is 4.23. The van der Waals surface area contributed by atoms with E-state index in [-0.39, 0.29) is 16.7 Å². The summed E-state index contributed by atoms with van der Waals surface area (Å²) >= 11 is 0. The van der Waals surface area contributed by atoms with Gasteiger partial charge in [-0.15, -0.1) is 0 Å². The molecule has 0 aromatic rings. The van der Waals surface area contributed by atoms with E-state index in [2.05, 4.69) is 41.5 Å². The van der Waals surface area contributed by atoms with Gasteiger partial charge in [0.2, 0.25) is 0 Å². The second-order valence-corrected chi connectivity index (χ2v) is 9.77. The van der Waals surface area contributed by atoms with Crippen LogP contribution in [0.1, 0.15) is 61.3 Å². The minimum Gasteiger partial charge on any atom is -0.229 e. The first-order valence-corrected chi connectivity index (χ1v) is 8.36. The normalized spacial score (nSPS) is 15.9. The highest BCUT2D eigenvalue weighted by Crippen LogP contribution is 2.27. The van der Waals surface area contributed by atoms with Crippen molar-refractivity contribution in [3.8, 4) is 0 Å². The molecule has 0 radical (unpaired) electrons. The second kappa shape index (κ2) is 5.73. The van der Waals surface area contributed by atoms with Crippen molar-refractivity contribution in [2.45, 2.75) is 61.3 Å². The molecule has 0 rings (SSSR count). The smallest absolute Gasteiger partial charge is 0.150 e. The number of sulfone groups is 1. The molecule has 0 aromatic heterocycles. The van der Waals surface area contributed by atoms with Gasteiger partial charge in [0.1, 0.15) is 0 Å². The topological polar surface area (TPSA) is 34.1 Å². The molecule has 0 aromatic carbocycles. The Morgan fingerprint density at radius 1 is 1.00 bits per heavy atom. The molecule has 0 aliphatic carbocycles. The predicted molar refractivity (Wildman–Crippen MR) is 76.0 cm³/mol. The molecule has 0 fully saturated rings. The first kappa shape index (κ1) is 16.9. The molecule has 3 heteroatoms. The lowest BCUT2D eigenvalue weighted by atomic mass is 9.83. The summed E-state index contributed by atoms with van der Waals surface area (Å²) in [4.78, 5) is 0. The number of hydrogen-bond acceptors (Lipinski definition) is 2. The molecule has 0 N–H and O–H groups in total. The first-order valence-electron chi connectivity index (χ1n) is 6.54. The molecule has 0 spiro atoms. The van der Waals surface area contributed by atoms with Gasteiger partial charge in [-0.1, -0.05) is 48.5 Å². The molecule has 0 bridgehead atoms. The molecule has 2 nitrogen and oxygen atoms in total. The van der Waals surface area contributed by atoms with Gasteiger partial charge in [-0.05, 0) is 29.6 Å². The monoisotopic (exact) mass is 262 g/mol. The van der Waals surface area contributed by atoms with Gasteiger partial charge < -0.3 is 0 Å². The van der Waals surface area contributed by atoms with Crippen LogP contribution in [0.2, 0.25) is 0 Å². The van der Waals surface area contributed by atoms with E-state index >= 15 is 0 Å². The molecule has 0 saturated carbocycles. The van der Waals surface area contributed by atoms with Crippen LogP contribution in [0, 0.1) is 16.7 Å². The standard InChI is InChI=1S/C14H30O2S/c1-12(14(5,6)7)11-17(15,16)10-8-9-13(2,3)4/h12H,8-11H2,1-7H3/t12-/m1/s1. The fourth-order valence-corrected chi connectivity index (χ4v) is 3.55. The van der Waals surface area contributed by atoms with Crippen LogP contribution in [-0.4, -0.2) is 19.9 Å². The highest BCUT2D eigenvalue weighted by Gasteiger charge is 2.25. The molecule has 0 aliphatic heterocycles. The highest BCUT2D eigenvalue weighted by atomic mass is 32.2. The van der Waals surface area contributed by atoms with E-state index < -0.39 is 9.84 Å². The second-order valence-electron chi connectivity index (χ2n) is 7.55.